The first-order chi connectivity index (χ1) is 25.8. The van der Waals surface area contributed by atoms with Crippen molar-refractivity contribution in [3.05, 3.63) is 170 Å². The number of nitrogens with zero attached hydrogens (tertiary/aromatic N) is 2. The number of fused-ring (bicyclic) bond motifs is 6. The number of aromatic nitrogens is 2. The maximum atomic E-state index is 4.96. The largest absolute Gasteiger partial charge is 0.254 e. The van der Waals surface area contributed by atoms with Crippen LogP contribution in [0.1, 0.15) is 0 Å². The Morgan fingerprint density at radius 1 is 0.288 bits per heavy atom. The highest BCUT2D eigenvalue weighted by Gasteiger charge is 2.18. The van der Waals surface area contributed by atoms with Crippen LogP contribution in [0.4, 0.5) is 0 Å². The molecule has 0 saturated heterocycles. The van der Waals surface area contributed by atoms with E-state index in [-0.39, 0.29) is 0 Å². The molecule has 0 unspecified atom stereocenters. The van der Waals surface area contributed by atoms with Crippen LogP contribution in [0.5, 0.6) is 0 Å². The van der Waals surface area contributed by atoms with Gasteiger partial charge < -0.3 is 0 Å². The van der Waals surface area contributed by atoms with Crippen molar-refractivity contribution in [3.8, 4) is 22.3 Å². The molecule has 0 saturated carbocycles. The van der Waals surface area contributed by atoms with Gasteiger partial charge in [0.05, 0.1) is 11.0 Å². The molecule has 0 amide bonds. The molecule has 0 atom stereocenters. The molecular weight excluding hydrogens is 629 g/mol. The van der Waals surface area contributed by atoms with Crippen LogP contribution in [0.15, 0.2) is 170 Å². The molecule has 0 aliphatic carbocycles. The van der Waals surface area contributed by atoms with Gasteiger partial charge >= 0.3 is 0 Å². The van der Waals surface area contributed by atoms with Gasteiger partial charge in [-0.2, -0.15) is 0 Å². The molecule has 0 bridgehead atoms. The summed E-state index contributed by atoms with van der Waals surface area (Å²) in [5.41, 5.74) is 6.59. The summed E-state index contributed by atoms with van der Waals surface area (Å²) < 4.78 is 0. The SMILES string of the molecule is c1cnc2c(c1)ccc1cc(-c3ccc(-c4cc5ccc6cccc7c8cccc9ccc%10cccc(c(c4)c5c67)c%10c98)c4ccccc34)cnc12. The summed E-state index contributed by atoms with van der Waals surface area (Å²) in [6, 6.07) is 58.4. The first-order valence-corrected chi connectivity index (χ1v) is 17.9. The Bertz CT molecular complexity index is 3460. The van der Waals surface area contributed by atoms with Crippen LogP contribution in [0, 0.1) is 0 Å². The van der Waals surface area contributed by atoms with Gasteiger partial charge in [-0.05, 0) is 116 Å². The zero-order chi connectivity index (χ0) is 33.9. The van der Waals surface area contributed by atoms with Crippen molar-refractivity contribution in [1.82, 2.24) is 9.97 Å². The van der Waals surface area contributed by atoms with Crippen LogP contribution in [0.3, 0.4) is 0 Å². The van der Waals surface area contributed by atoms with Crippen molar-refractivity contribution >= 4 is 97.2 Å². The highest BCUT2D eigenvalue weighted by Crippen LogP contribution is 2.45. The second-order valence-electron chi connectivity index (χ2n) is 14.1. The highest BCUT2D eigenvalue weighted by molar-refractivity contribution is 6.37. The second kappa shape index (κ2) is 10.3. The van der Waals surface area contributed by atoms with Crippen LogP contribution < -0.4 is 0 Å². The van der Waals surface area contributed by atoms with E-state index in [9.17, 15) is 0 Å². The van der Waals surface area contributed by atoms with E-state index < -0.39 is 0 Å². The van der Waals surface area contributed by atoms with E-state index in [1.165, 1.54) is 92.1 Å². The normalized spacial score (nSPS) is 12.2. The highest BCUT2D eigenvalue weighted by atomic mass is 14.7. The average molecular weight is 657 g/mol. The molecule has 2 heterocycles. The van der Waals surface area contributed by atoms with E-state index in [1.54, 1.807) is 0 Å². The molecule has 2 heteroatoms. The molecule has 52 heavy (non-hydrogen) atoms. The van der Waals surface area contributed by atoms with Gasteiger partial charge in [-0.15, -0.1) is 0 Å². The topological polar surface area (TPSA) is 25.8 Å². The fourth-order valence-electron chi connectivity index (χ4n) is 9.13. The lowest BCUT2D eigenvalue weighted by atomic mass is 9.85. The number of benzene rings is 9. The lowest BCUT2D eigenvalue weighted by molar-refractivity contribution is 1.37. The third kappa shape index (κ3) is 3.78. The number of rotatable bonds is 2. The lowest BCUT2D eigenvalue weighted by Gasteiger charge is -2.18. The van der Waals surface area contributed by atoms with Gasteiger partial charge in [0.25, 0.3) is 0 Å². The molecule has 12 aromatic rings. The Balaban J connectivity index is 1.17. The van der Waals surface area contributed by atoms with Crippen LogP contribution in [-0.4, -0.2) is 9.97 Å². The van der Waals surface area contributed by atoms with Crippen molar-refractivity contribution in [2.45, 2.75) is 0 Å². The van der Waals surface area contributed by atoms with Crippen molar-refractivity contribution in [1.29, 1.82) is 0 Å². The number of pyridine rings is 2. The zero-order valence-electron chi connectivity index (χ0n) is 28.1. The van der Waals surface area contributed by atoms with Gasteiger partial charge in [0, 0.05) is 28.7 Å². The Morgan fingerprint density at radius 3 is 1.44 bits per heavy atom. The third-order valence-corrected chi connectivity index (χ3v) is 11.4. The lowest BCUT2D eigenvalue weighted by Crippen LogP contribution is -1.91. The number of hydrogen-bond acceptors (Lipinski definition) is 2. The second-order valence-corrected chi connectivity index (χ2v) is 14.1. The monoisotopic (exact) mass is 656 g/mol. The minimum absolute atomic E-state index is 0.934. The summed E-state index contributed by atoms with van der Waals surface area (Å²) in [5.74, 6) is 0. The molecular formula is C50H28N2. The first-order valence-electron chi connectivity index (χ1n) is 17.9. The smallest absolute Gasteiger partial charge is 0.0964 e. The minimum atomic E-state index is 0.934. The zero-order valence-corrected chi connectivity index (χ0v) is 28.1. The van der Waals surface area contributed by atoms with Gasteiger partial charge in [0.2, 0.25) is 0 Å². The van der Waals surface area contributed by atoms with E-state index in [4.69, 9.17) is 4.98 Å². The van der Waals surface area contributed by atoms with Gasteiger partial charge in [0.15, 0.2) is 0 Å². The van der Waals surface area contributed by atoms with Crippen molar-refractivity contribution in [2.24, 2.45) is 0 Å². The summed E-state index contributed by atoms with van der Waals surface area (Å²) in [6.07, 6.45) is 3.85. The molecule has 0 radical (unpaired) electrons. The summed E-state index contributed by atoms with van der Waals surface area (Å²) in [4.78, 5) is 9.61. The average Bonchev–Trinajstić information content (AvgIpc) is 3.21. The Morgan fingerprint density at radius 2 is 0.769 bits per heavy atom. The van der Waals surface area contributed by atoms with Crippen LogP contribution in [0.2, 0.25) is 0 Å². The van der Waals surface area contributed by atoms with Crippen molar-refractivity contribution in [2.75, 3.05) is 0 Å². The van der Waals surface area contributed by atoms with Crippen molar-refractivity contribution in [3.63, 3.8) is 0 Å². The fraction of sp³-hybridized carbons (Fsp3) is 0. The van der Waals surface area contributed by atoms with Gasteiger partial charge in [0.1, 0.15) is 0 Å². The van der Waals surface area contributed by atoms with Crippen LogP contribution in [0.25, 0.3) is 119 Å². The third-order valence-electron chi connectivity index (χ3n) is 11.4. The summed E-state index contributed by atoms with van der Waals surface area (Å²) >= 11 is 0. The summed E-state index contributed by atoms with van der Waals surface area (Å²) in [6.45, 7) is 0. The van der Waals surface area contributed by atoms with Gasteiger partial charge in [-0.1, -0.05) is 133 Å². The molecule has 0 aliphatic rings. The van der Waals surface area contributed by atoms with Crippen molar-refractivity contribution < 1.29 is 0 Å². The molecule has 238 valence electrons. The summed E-state index contributed by atoms with van der Waals surface area (Å²) in [7, 11) is 0. The predicted molar refractivity (Wildman–Crippen MR) is 222 cm³/mol. The van der Waals surface area contributed by atoms with Crippen LogP contribution >= 0.6 is 0 Å². The van der Waals surface area contributed by atoms with E-state index >= 15 is 0 Å². The van der Waals surface area contributed by atoms with E-state index in [2.05, 4.69) is 157 Å². The van der Waals surface area contributed by atoms with E-state index in [1.807, 2.05) is 18.5 Å². The molecule has 12 rings (SSSR count). The minimum Gasteiger partial charge on any atom is -0.254 e. The van der Waals surface area contributed by atoms with E-state index in [0.717, 1.165) is 27.4 Å². The van der Waals surface area contributed by atoms with Gasteiger partial charge in [-0.3, -0.25) is 9.97 Å². The van der Waals surface area contributed by atoms with Gasteiger partial charge in [-0.25, -0.2) is 0 Å². The van der Waals surface area contributed by atoms with E-state index in [0.29, 0.717) is 0 Å². The van der Waals surface area contributed by atoms with Crippen LogP contribution in [-0.2, 0) is 0 Å². The molecule has 0 aliphatic heterocycles. The maximum absolute atomic E-state index is 4.96. The Labute approximate surface area is 298 Å². The molecule has 0 spiro atoms. The first kappa shape index (κ1) is 27.9. The quantitative estimate of drug-likeness (QED) is 0.173. The molecule has 10 aromatic carbocycles. The standard InChI is InChI=1S/C50H28N2/c1-2-12-40-38(36-26-34-21-19-32-10-6-24-51-49(32)50(34)52-28-36)23-22-37(39(40)11-1)35-25-33-20-18-31-8-4-14-42-41-13-3-7-29-16-17-30-9-5-15-43(47(30)45(29)41)44(27-35)48(33)46(31)42/h1-28H. The molecule has 2 aromatic heterocycles. The maximum Gasteiger partial charge on any atom is 0.0964 e. The number of hydrogen-bond donors (Lipinski definition) is 0. The molecule has 0 fully saturated rings. The fourth-order valence-corrected chi connectivity index (χ4v) is 9.13. The predicted octanol–water partition coefficient (Wildman–Crippen LogP) is 13.6. The molecule has 0 N–H and O–H groups in total. The summed E-state index contributed by atoms with van der Waals surface area (Å²) in [5, 5.41) is 20.2. The Hall–Kier alpha value is -6.90. The Kier molecular flexibility index (Phi) is 5.53. The molecule has 2 nitrogen and oxygen atoms in total.